The van der Waals surface area contributed by atoms with Gasteiger partial charge >= 0.3 is 6.03 Å². The molecule has 1 atom stereocenters. The number of rotatable bonds is 4. The number of hydrogen-bond acceptors (Lipinski definition) is 4. The highest BCUT2D eigenvalue weighted by Gasteiger charge is 2.34. The monoisotopic (exact) mass is 464 g/mol. The first-order valence-electron chi connectivity index (χ1n) is 12.0. The van der Waals surface area contributed by atoms with Crippen LogP contribution in [-0.4, -0.2) is 55.0 Å². The fraction of sp³-hybridized carbons (Fsp3) is 0.423. The number of likely N-dealkylation sites (tertiary alicyclic amines) is 1. The van der Waals surface area contributed by atoms with Crippen LogP contribution in [-0.2, 0) is 9.59 Å². The van der Waals surface area contributed by atoms with Gasteiger partial charge in [0, 0.05) is 18.8 Å². The fourth-order valence-corrected chi connectivity index (χ4v) is 4.40. The molecular weight excluding hydrogens is 432 g/mol. The molecule has 0 aliphatic carbocycles. The van der Waals surface area contributed by atoms with Gasteiger partial charge in [0.15, 0.2) is 0 Å². The maximum Gasteiger partial charge on any atom is 0.320 e. The third kappa shape index (κ3) is 5.87. The molecule has 1 fully saturated rings. The number of anilines is 2. The summed E-state index contributed by atoms with van der Waals surface area (Å²) < 4.78 is 5.87. The largest absolute Gasteiger partial charge is 0.489 e. The number of benzene rings is 2. The molecule has 4 rings (SSSR count). The predicted molar refractivity (Wildman–Crippen MR) is 131 cm³/mol. The molecule has 180 valence electrons. The van der Waals surface area contributed by atoms with Gasteiger partial charge in [-0.15, -0.1) is 0 Å². The Morgan fingerprint density at radius 3 is 2.50 bits per heavy atom. The summed E-state index contributed by atoms with van der Waals surface area (Å²) in [4.78, 5) is 42.7. The second-order valence-corrected chi connectivity index (χ2v) is 8.87. The van der Waals surface area contributed by atoms with Crippen molar-refractivity contribution in [2.75, 3.05) is 36.5 Å². The third-order valence-electron chi connectivity index (χ3n) is 6.21. The van der Waals surface area contributed by atoms with Gasteiger partial charge in [-0.2, -0.15) is 0 Å². The first kappa shape index (κ1) is 23.6. The van der Waals surface area contributed by atoms with Crippen LogP contribution >= 0.6 is 0 Å². The van der Waals surface area contributed by atoms with Gasteiger partial charge in [0.1, 0.15) is 24.9 Å². The molecule has 8 heteroatoms. The Hall–Kier alpha value is -3.55. The number of carbonyl (C=O) groups is 3. The lowest BCUT2D eigenvalue weighted by Gasteiger charge is -2.29. The number of hydrogen-bond donors (Lipinski definition) is 2. The van der Waals surface area contributed by atoms with E-state index in [4.69, 9.17) is 4.74 Å². The summed E-state index contributed by atoms with van der Waals surface area (Å²) in [5, 5.41) is 5.48. The van der Waals surface area contributed by atoms with Gasteiger partial charge in [0.2, 0.25) is 5.91 Å². The molecule has 2 aliphatic heterocycles. The molecule has 2 heterocycles. The molecule has 0 aromatic heterocycles. The molecule has 0 saturated carbocycles. The quantitative estimate of drug-likeness (QED) is 0.722. The second-order valence-electron chi connectivity index (χ2n) is 8.87. The van der Waals surface area contributed by atoms with E-state index in [0.717, 1.165) is 31.2 Å². The maximum absolute atomic E-state index is 13.5. The maximum atomic E-state index is 13.5. The smallest absolute Gasteiger partial charge is 0.320 e. The Bertz CT molecular complexity index is 1030. The van der Waals surface area contributed by atoms with Crippen molar-refractivity contribution in [3.8, 4) is 5.75 Å². The molecule has 2 aliphatic rings. The van der Waals surface area contributed by atoms with Gasteiger partial charge in [0.25, 0.3) is 5.91 Å². The van der Waals surface area contributed by atoms with Crippen molar-refractivity contribution in [3.05, 3.63) is 54.1 Å². The highest BCUT2D eigenvalue weighted by molar-refractivity contribution is 6.05. The van der Waals surface area contributed by atoms with E-state index >= 15 is 0 Å². The van der Waals surface area contributed by atoms with E-state index in [1.165, 1.54) is 11.3 Å². The zero-order valence-electron chi connectivity index (χ0n) is 19.6. The van der Waals surface area contributed by atoms with Gasteiger partial charge < -0.3 is 20.3 Å². The van der Waals surface area contributed by atoms with Crippen molar-refractivity contribution in [2.45, 2.75) is 45.1 Å². The zero-order chi connectivity index (χ0) is 23.9. The van der Waals surface area contributed by atoms with Gasteiger partial charge in [-0.25, -0.2) is 4.79 Å². The summed E-state index contributed by atoms with van der Waals surface area (Å²) in [6, 6.07) is 13.1. The number of ether oxygens (including phenoxy) is 1. The van der Waals surface area contributed by atoms with Crippen LogP contribution in [0.4, 0.5) is 16.2 Å². The molecule has 2 N–H and O–H groups in total. The third-order valence-corrected chi connectivity index (χ3v) is 6.21. The Labute approximate surface area is 200 Å². The minimum absolute atomic E-state index is 0.0223. The van der Waals surface area contributed by atoms with Gasteiger partial charge in [-0.1, -0.05) is 43.5 Å². The molecule has 34 heavy (non-hydrogen) atoms. The Morgan fingerprint density at radius 2 is 1.74 bits per heavy atom. The highest BCUT2D eigenvalue weighted by Crippen LogP contribution is 2.31. The summed E-state index contributed by atoms with van der Waals surface area (Å²) in [5.74, 6) is 0.0550. The summed E-state index contributed by atoms with van der Waals surface area (Å²) in [5.41, 5.74) is 2.18. The molecular formula is C26H32N4O4. The molecule has 0 bridgehead atoms. The normalized spacial score (nSPS) is 18.6. The summed E-state index contributed by atoms with van der Waals surface area (Å²) in [6.07, 6.45) is 5.39. The fourth-order valence-electron chi connectivity index (χ4n) is 4.40. The van der Waals surface area contributed by atoms with E-state index in [0.29, 0.717) is 30.2 Å². The van der Waals surface area contributed by atoms with Gasteiger partial charge in [-0.05, 0) is 49.6 Å². The van der Waals surface area contributed by atoms with Crippen LogP contribution < -0.4 is 20.3 Å². The Kier molecular flexibility index (Phi) is 7.67. The van der Waals surface area contributed by atoms with Crippen LogP contribution in [0.5, 0.6) is 5.75 Å². The number of carbonyl (C=O) groups excluding carboxylic acids is 3. The number of urea groups is 1. The lowest BCUT2D eigenvalue weighted by Crippen LogP contribution is -2.53. The minimum Gasteiger partial charge on any atom is -0.489 e. The van der Waals surface area contributed by atoms with Crippen LogP contribution in [0.1, 0.15) is 37.7 Å². The van der Waals surface area contributed by atoms with Crippen molar-refractivity contribution >= 4 is 29.2 Å². The molecule has 2 aromatic rings. The van der Waals surface area contributed by atoms with Crippen molar-refractivity contribution in [3.63, 3.8) is 0 Å². The van der Waals surface area contributed by atoms with E-state index in [2.05, 4.69) is 10.6 Å². The van der Waals surface area contributed by atoms with Crippen LogP contribution in [0.25, 0.3) is 0 Å². The van der Waals surface area contributed by atoms with Crippen LogP contribution in [0.3, 0.4) is 0 Å². The van der Waals surface area contributed by atoms with Crippen molar-refractivity contribution in [2.24, 2.45) is 0 Å². The van der Waals surface area contributed by atoms with Crippen LogP contribution in [0, 0.1) is 6.92 Å². The number of para-hydroxylation sites is 2. The molecule has 0 unspecified atom stereocenters. The molecule has 8 nitrogen and oxygen atoms in total. The number of fused-ring (bicyclic) bond motifs is 1. The topological polar surface area (TPSA) is 91.0 Å². The Morgan fingerprint density at radius 1 is 1.00 bits per heavy atom. The highest BCUT2D eigenvalue weighted by atomic mass is 16.5. The summed E-state index contributed by atoms with van der Waals surface area (Å²) >= 11 is 0. The van der Waals surface area contributed by atoms with E-state index in [-0.39, 0.29) is 25.0 Å². The number of amides is 4. The standard InChI is InChI=1S/C26H32N4O4/c1-19-10-9-11-20(16-19)27-26(33)28-21-18-34-23-13-6-5-12-22(23)30(25(21)32)17-24(31)29-14-7-3-2-4-8-15-29/h5-6,9-13,16,21H,2-4,7-8,14-15,17-18H2,1H3,(H2,27,28,33)/t21-/m1/s1. The molecule has 4 amide bonds. The first-order valence-corrected chi connectivity index (χ1v) is 12.0. The summed E-state index contributed by atoms with van der Waals surface area (Å²) in [7, 11) is 0. The molecule has 2 aromatic carbocycles. The Balaban J connectivity index is 1.49. The molecule has 0 spiro atoms. The average Bonchev–Trinajstić information content (AvgIpc) is 2.91. The van der Waals surface area contributed by atoms with E-state index in [1.54, 1.807) is 24.3 Å². The van der Waals surface area contributed by atoms with Crippen molar-refractivity contribution in [1.29, 1.82) is 0 Å². The number of aryl methyl sites for hydroxylation is 1. The van der Waals surface area contributed by atoms with Crippen LogP contribution in [0.15, 0.2) is 48.5 Å². The number of nitrogens with zero attached hydrogens (tertiary/aromatic N) is 2. The second kappa shape index (κ2) is 11.0. The molecule has 1 saturated heterocycles. The average molecular weight is 465 g/mol. The SMILES string of the molecule is Cc1cccc(NC(=O)N[C@@H]2COc3ccccc3N(CC(=O)N3CCCCCCC3)C2=O)c1. The van der Waals surface area contributed by atoms with Crippen LogP contribution in [0.2, 0.25) is 0 Å². The van der Waals surface area contributed by atoms with Gasteiger partial charge in [-0.3, -0.25) is 14.5 Å². The van der Waals surface area contributed by atoms with E-state index < -0.39 is 12.1 Å². The lowest BCUT2D eigenvalue weighted by atomic mass is 10.1. The van der Waals surface area contributed by atoms with E-state index in [9.17, 15) is 14.4 Å². The van der Waals surface area contributed by atoms with E-state index in [1.807, 2.05) is 36.1 Å². The number of nitrogens with one attached hydrogen (secondary N) is 2. The first-order chi connectivity index (χ1) is 16.5. The van der Waals surface area contributed by atoms with Gasteiger partial charge in [0.05, 0.1) is 5.69 Å². The molecule has 0 radical (unpaired) electrons. The summed E-state index contributed by atoms with van der Waals surface area (Å²) in [6.45, 7) is 3.24. The minimum atomic E-state index is -0.933. The lowest BCUT2D eigenvalue weighted by molar-refractivity contribution is -0.132. The van der Waals surface area contributed by atoms with Crippen molar-refractivity contribution < 1.29 is 19.1 Å². The van der Waals surface area contributed by atoms with Crippen molar-refractivity contribution in [1.82, 2.24) is 10.2 Å². The zero-order valence-corrected chi connectivity index (χ0v) is 19.6. The predicted octanol–water partition coefficient (Wildman–Crippen LogP) is 3.70.